The Hall–Kier alpha value is -3.45. The molecule has 0 fully saturated rings. The number of carbonyl (C=O) groups is 2. The number of benzene rings is 3. The van der Waals surface area contributed by atoms with E-state index in [4.69, 9.17) is 10.5 Å². The molecule has 0 spiro atoms. The van der Waals surface area contributed by atoms with Crippen molar-refractivity contribution in [1.82, 2.24) is 4.98 Å². The molecule has 1 heterocycles. The zero-order valence-corrected chi connectivity index (χ0v) is 21.7. The van der Waals surface area contributed by atoms with E-state index in [1.54, 1.807) is 18.5 Å². The first kappa shape index (κ1) is 28.8. The number of esters is 1. The molecule has 1 amide bonds. The summed E-state index contributed by atoms with van der Waals surface area (Å²) in [5, 5.41) is 4.96. The van der Waals surface area contributed by atoms with Crippen molar-refractivity contribution in [3.8, 4) is 0 Å². The summed E-state index contributed by atoms with van der Waals surface area (Å²) < 4.78 is 5.48. The van der Waals surface area contributed by atoms with Crippen LogP contribution in [0.15, 0.2) is 79.1 Å². The molecular formula is C28H29Cl2N3O3. The van der Waals surface area contributed by atoms with E-state index >= 15 is 0 Å². The Morgan fingerprint density at radius 2 is 1.69 bits per heavy atom. The molecule has 3 aromatic carbocycles. The summed E-state index contributed by atoms with van der Waals surface area (Å²) >= 11 is 0. The molecule has 1 aromatic heterocycles. The number of nitrogens with one attached hydrogen (secondary N) is 1. The molecule has 0 aliphatic rings. The van der Waals surface area contributed by atoms with Crippen molar-refractivity contribution in [3.63, 3.8) is 0 Å². The molecule has 1 unspecified atom stereocenters. The number of ether oxygens (including phenoxy) is 1. The number of halogens is 2. The minimum atomic E-state index is -0.500. The third kappa shape index (κ3) is 6.82. The number of anilines is 1. The maximum Gasteiger partial charge on any atom is 0.338 e. The molecule has 0 bridgehead atoms. The lowest BCUT2D eigenvalue weighted by Crippen LogP contribution is -2.27. The second kappa shape index (κ2) is 13.0. The summed E-state index contributed by atoms with van der Waals surface area (Å²) in [6, 6.07) is 20.6. The van der Waals surface area contributed by atoms with Crippen LogP contribution in [0.4, 0.5) is 5.69 Å². The van der Waals surface area contributed by atoms with Crippen LogP contribution in [0.5, 0.6) is 0 Å². The van der Waals surface area contributed by atoms with Crippen LogP contribution in [0.2, 0.25) is 0 Å². The Labute approximate surface area is 223 Å². The first-order valence-corrected chi connectivity index (χ1v) is 11.1. The minimum Gasteiger partial charge on any atom is -0.457 e. The van der Waals surface area contributed by atoms with Gasteiger partial charge in [0.15, 0.2) is 0 Å². The van der Waals surface area contributed by atoms with Crippen molar-refractivity contribution in [3.05, 3.63) is 107 Å². The number of carbonyl (C=O) groups excluding carboxylic acids is 2. The van der Waals surface area contributed by atoms with Crippen molar-refractivity contribution >= 4 is 53.2 Å². The maximum atomic E-state index is 12.9. The van der Waals surface area contributed by atoms with Crippen LogP contribution in [0.25, 0.3) is 10.8 Å². The third-order valence-corrected chi connectivity index (χ3v) is 5.81. The Kier molecular flexibility index (Phi) is 10.4. The molecule has 4 aromatic rings. The standard InChI is InChI=1S/C28H27N3O3.2ClH/c1-18-3-10-25(19(2)13-18)28(33)34-17-20-4-6-21(7-5-20)26(15-29)27(32)31-24-9-8-23-16-30-12-11-22(23)14-24;;/h3-14,16,26H,15,17,29H2,1-2H3,(H,31,32);2*1H. The van der Waals surface area contributed by atoms with Crippen LogP contribution in [-0.4, -0.2) is 23.4 Å². The Balaban J connectivity index is 0.00000228. The summed E-state index contributed by atoms with van der Waals surface area (Å²) in [5.41, 5.74) is 10.8. The topological polar surface area (TPSA) is 94.3 Å². The molecule has 0 aliphatic heterocycles. The molecule has 1 atom stereocenters. The molecule has 36 heavy (non-hydrogen) atoms. The van der Waals surface area contributed by atoms with Gasteiger partial charge >= 0.3 is 5.97 Å². The second-order valence-corrected chi connectivity index (χ2v) is 8.35. The smallest absolute Gasteiger partial charge is 0.338 e. The van der Waals surface area contributed by atoms with Gasteiger partial charge in [-0.05, 0) is 60.2 Å². The normalized spacial score (nSPS) is 11.1. The fourth-order valence-corrected chi connectivity index (χ4v) is 3.90. The number of nitrogens with zero attached hydrogens (tertiary/aromatic N) is 1. The van der Waals surface area contributed by atoms with E-state index < -0.39 is 5.92 Å². The SMILES string of the molecule is Cc1ccc(C(=O)OCc2ccc(C(CN)C(=O)Nc3ccc4cnccc4c3)cc2)c(C)c1.Cl.Cl. The number of rotatable bonds is 7. The number of hydrogen-bond acceptors (Lipinski definition) is 5. The van der Waals surface area contributed by atoms with Crippen LogP contribution in [0.3, 0.4) is 0 Å². The highest BCUT2D eigenvalue weighted by atomic mass is 35.5. The minimum absolute atomic E-state index is 0. The number of amides is 1. The van der Waals surface area contributed by atoms with E-state index in [0.717, 1.165) is 33.0 Å². The van der Waals surface area contributed by atoms with Gasteiger partial charge in [0.1, 0.15) is 6.61 Å². The van der Waals surface area contributed by atoms with Crippen LogP contribution in [0.1, 0.15) is 38.5 Å². The van der Waals surface area contributed by atoms with Gasteiger partial charge in [-0.1, -0.05) is 48.0 Å². The summed E-state index contributed by atoms with van der Waals surface area (Å²) in [6.07, 6.45) is 3.50. The van der Waals surface area contributed by atoms with Gasteiger partial charge in [-0.25, -0.2) is 4.79 Å². The van der Waals surface area contributed by atoms with Crippen molar-refractivity contribution in [2.45, 2.75) is 26.4 Å². The summed E-state index contributed by atoms with van der Waals surface area (Å²) in [7, 11) is 0. The predicted octanol–water partition coefficient (Wildman–Crippen LogP) is 5.73. The van der Waals surface area contributed by atoms with Gasteiger partial charge in [0.25, 0.3) is 0 Å². The number of aryl methyl sites for hydroxylation is 2. The Morgan fingerprint density at radius 1 is 0.944 bits per heavy atom. The van der Waals surface area contributed by atoms with Gasteiger partial charge in [-0.15, -0.1) is 24.8 Å². The lowest BCUT2D eigenvalue weighted by molar-refractivity contribution is -0.117. The number of hydrogen-bond donors (Lipinski definition) is 2. The van der Waals surface area contributed by atoms with Crippen LogP contribution < -0.4 is 11.1 Å². The zero-order valence-electron chi connectivity index (χ0n) is 20.1. The van der Waals surface area contributed by atoms with Crippen molar-refractivity contribution < 1.29 is 14.3 Å². The van der Waals surface area contributed by atoms with E-state index in [-0.39, 0.29) is 49.8 Å². The molecule has 3 N–H and O–H groups in total. The summed E-state index contributed by atoms with van der Waals surface area (Å²) in [6.45, 7) is 4.20. The highest BCUT2D eigenvalue weighted by Crippen LogP contribution is 2.22. The van der Waals surface area contributed by atoms with Crippen molar-refractivity contribution in [2.24, 2.45) is 5.73 Å². The second-order valence-electron chi connectivity index (χ2n) is 8.35. The number of pyridine rings is 1. The van der Waals surface area contributed by atoms with Gasteiger partial charge in [0.2, 0.25) is 5.91 Å². The average Bonchev–Trinajstić information content (AvgIpc) is 2.83. The zero-order chi connectivity index (χ0) is 24.1. The van der Waals surface area contributed by atoms with E-state index in [2.05, 4.69) is 10.3 Å². The molecule has 188 valence electrons. The van der Waals surface area contributed by atoms with Crippen molar-refractivity contribution in [1.29, 1.82) is 0 Å². The average molecular weight is 526 g/mol. The molecular weight excluding hydrogens is 497 g/mol. The van der Waals surface area contributed by atoms with E-state index in [1.807, 2.05) is 74.5 Å². The Bertz CT molecular complexity index is 1340. The van der Waals surface area contributed by atoms with Crippen LogP contribution in [0, 0.1) is 13.8 Å². The molecule has 0 saturated carbocycles. The van der Waals surface area contributed by atoms with Crippen LogP contribution in [-0.2, 0) is 16.1 Å². The highest BCUT2D eigenvalue weighted by Gasteiger charge is 2.19. The van der Waals surface area contributed by atoms with E-state index in [0.29, 0.717) is 11.3 Å². The van der Waals surface area contributed by atoms with Gasteiger partial charge in [-0.3, -0.25) is 9.78 Å². The van der Waals surface area contributed by atoms with Gasteiger partial charge in [0, 0.05) is 30.0 Å². The van der Waals surface area contributed by atoms with E-state index in [9.17, 15) is 9.59 Å². The summed E-state index contributed by atoms with van der Waals surface area (Å²) in [5.74, 6) is -1.03. The third-order valence-electron chi connectivity index (χ3n) is 5.81. The van der Waals surface area contributed by atoms with Crippen LogP contribution >= 0.6 is 24.8 Å². The number of fused-ring (bicyclic) bond motifs is 1. The van der Waals surface area contributed by atoms with E-state index in [1.165, 1.54) is 0 Å². The first-order valence-electron chi connectivity index (χ1n) is 11.1. The monoisotopic (exact) mass is 525 g/mol. The van der Waals surface area contributed by atoms with Gasteiger partial charge < -0.3 is 15.8 Å². The first-order chi connectivity index (χ1) is 16.4. The number of nitrogens with two attached hydrogens (primary N) is 1. The molecule has 0 saturated heterocycles. The van der Waals surface area contributed by atoms with Gasteiger partial charge in [-0.2, -0.15) is 0 Å². The largest absolute Gasteiger partial charge is 0.457 e. The Morgan fingerprint density at radius 3 is 2.39 bits per heavy atom. The highest BCUT2D eigenvalue weighted by molar-refractivity contribution is 5.98. The quantitative estimate of drug-likeness (QED) is 0.300. The lowest BCUT2D eigenvalue weighted by Gasteiger charge is -2.16. The molecule has 6 nitrogen and oxygen atoms in total. The lowest BCUT2D eigenvalue weighted by atomic mass is 9.97. The van der Waals surface area contributed by atoms with Crippen molar-refractivity contribution in [2.75, 3.05) is 11.9 Å². The molecule has 0 radical (unpaired) electrons. The van der Waals surface area contributed by atoms with Gasteiger partial charge in [0.05, 0.1) is 11.5 Å². The fourth-order valence-electron chi connectivity index (χ4n) is 3.90. The molecule has 0 aliphatic carbocycles. The predicted molar refractivity (Wildman–Crippen MR) is 148 cm³/mol. The maximum absolute atomic E-state index is 12.9. The summed E-state index contributed by atoms with van der Waals surface area (Å²) in [4.78, 5) is 29.4. The molecule has 8 heteroatoms. The molecule has 4 rings (SSSR count). The fraction of sp³-hybridized carbons (Fsp3) is 0.179. The number of aromatic nitrogens is 1.